The summed E-state index contributed by atoms with van der Waals surface area (Å²) in [5, 5.41) is 11.3. The van der Waals surface area contributed by atoms with Crippen LogP contribution in [0.4, 0.5) is 18.9 Å². The number of amides is 1. The third kappa shape index (κ3) is 4.06. The van der Waals surface area contributed by atoms with Gasteiger partial charge in [0.05, 0.1) is 22.6 Å². The maximum Gasteiger partial charge on any atom is 0.426 e. The Kier molecular flexibility index (Phi) is 5.52. The highest BCUT2D eigenvalue weighted by Crippen LogP contribution is 2.34. The lowest BCUT2D eigenvalue weighted by Gasteiger charge is -2.25. The average Bonchev–Trinajstić information content (AvgIpc) is 2.61. The lowest BCUT2D eigenvalue weighted by molar-refractivity contribution is -0.242. The maximum atomic E-state index is 12.8. The van der Waals surface area contributed by atoms with Gasteiger partial charge in [-0.3, -0.25) is 4.79 Å². The molecule has 2 aromatic carbocycles. The highest BCUT2D eigenvalue weighted by molar-refractivity contribution is 7.91. The number of methoxy groups -OCH3 is 1. The molecule has 0 aliphatic carbocycles. The second-order valence-corrected chi connectivity index (χ2v) is 7.65. The molecule has 0 aliphatic rings. The van der Waals surface area contributed by atoms with Crippen LogP contribution in [0.25, 0.3) is 0 Å². The molecule has 2 N–H and O–H groups in total. The van der Waals surface area contributed by atoms with E-state index in [0.717, 1.165) is 25.3 Å². The van der Waals surface area contributed by atoms with Crippen molar-refractivity contribution in [1.29, 1.82) is 0 Å². The van der Waals surface area contributed by atoms with Crippen LogP contribution in [0.5, 0.6) is 5.75 Å². The van der Waals surface area contributed by atoms with Crippen LogP contribution in [-0.2, 0) is 14.6 Å². The SMILES string of the molecule is COc1cc(S(=O)(=O)c2ccccc2)ccc1NC(=O)[C@@](C)(O)C(F)(F)F. The number of carbonyl (C=O) groups excluding carboxylic acids is 1. The molecule has 0 spiro atoms. The molecule has 0 fully saturated rings. The molecule has 1 atom stereocenters. The number of carbonyl (C=O) groups is 1. The number of hydrogen-bond donors (Lipinski definition) is 2. The predicted octanol–water partition coefficient (Wildman–Crippen LogP) is 2.78. The van der Waals surface area contributed by atoms with Crippen molar-refractivity contribution >= 4 is 21.4 Å². The highest BCUT2D eigenvalue weighted by Gasteiger charge is 2.55. The number of anilines is 1. The summed E-state index contributed by atoms with van der Waals surface area (Å²) in [6.07, 6.45) is -5.19. The Hall–Kier alpha value is -2.59. The van der Waals surface area contributed by atoms with Crippen molar-refractivity contribution < 1.29 is 36.2 Å². The van der Waals surface area contributed by atoms with E-state index in [2.05, 4.69) is 0 Å². The van der Waals surface area contributed by atoms with Crippen molar-refractivity contribution in [2.24, 2.45) is 0 Å². The first-order chi connectivity index (χ1) is 12.4. The zero-order valence-corrected chi connectivity index (χ0v) is 15.1. The van der Waals surface area contributed by atoms with Crippen LogP contribution in [0, 0.1) is 0 Å². The molecule has 10 heteroatoms. The summed E-state index contributed by atoms with van der Waals surface area (Å²) in [5.74, 6) is -1.91. The Morgan fingerprint density at radius 3 is 2.19 bits per heavy atom. The normalized spacial score (nSPS) is 14.3. The van der Waals surface area contributed by atoms with Crippen LogP contribution in [0.3, 0.4) is 0 Å². The smallest absolute Gasteiger partial charge is 0.426 e. The van der Waals surface area contributed by atoms with Gasteiger partial charge in [-0.25, -0.2) is 8.42 Å². The molecule has 146 valence electrons. The summed E-state index contributed by atoms with van der Waals surface area (Å²) < 4.78 is 68.4. The summed E-state index contributed by atoms with van der Waals surface area (Å²) >= 11 is 0. The van der Waals surface area contributed by atoms with E-state index in [9.17, 15) is 31.5 Å². The quantitative estimate of drug-likeness (QED) is 0.801. The minimum atomic E-state index is -5.19. The fourth-order valence-corrected chi connectivity index (χ4v) is 3.35. The van der Waals surface area contributed by atoms with Gasteiger partial charge < -0.3 is 15.2 Å². The van der Waals surface area contributed by atoms with E-state index in [-0.39, 0.29) is 21.2 Å². The minimum absolute atomic E-state index is 0.0174. The monoisotopic (exact) mass is 403 g/mol. The Morgan fingerprint density at radius 1 is 1.07 bits per heavy atom. The van der Waals surface area contributed by atoms with E-state index in [1.54, 1.807) is 6.07 Å². The van der Waals surface area contributed by atoms with Crippen molar-refractivity contribution in [2.45, 2.75) is 28.5 Å². The zero-order chi connectivity index (χ0) is 20.5. The molecule has 0 radical (unpaired) electrons. The van der Waals surface area contributed by atoms with Gasteiger partial charge >= 0.3 is 6.18 Å². The number of alkyl halides is 3. The summed E-state index contributed by atoms with van der Waals surface area (Å²) in [4.78, 5) is 11.6. The molecule has 27 heavy (non-hydrogen) atoms. The predicted molar refractivity (Wildman–Crippen MR) is 90.2 cm³/mol. The standard InChI is InChI=1S/C17H16F3NO5S/c1-16(23,17(18,19)20)15(22)21-13-9-8-12(10-14(13)26-2)27(24,25)11-6-4-3-5-7-11/h3-10,23H,1-2H3,(H,21,22)/t16-/m1/s1. The Labute approximate surface area is 153 Å². The van der Waals surface area contributed by atoms with E-state index in [1.165, 1.54) is 24.3 Å². The molecule has 0 aromatic heterocycles. The molecule has 0 bridgehead atoms. The lowest BCUT2D eigenvalue weighted by atomic mass is 10.1. The van der Waals surface area contributed by atoms with Crippen molar-refractivity contribution in [3.63, 3.8) is 0 Å². The van der Waals surface area contributed by atoms with Gasteiger partial charge in [0, 0.05) is 6.07 Å². The third-order valence-electron chi connectivity index (χ3n) is 3.78. The van der Waals surface area contributed by atoms with Gasteiger partial charge in [-0.2, -0.15) is 13.2 Å². The second kappa shape index (κ2) is 7.20. The number of ether oxygens (including phenoxy) is 1. The number of rotatable bonds is 5. The van der Waals surface area contributed by atoms with Gasteiger partial charge in [-0.05, 0) is 31.2 Å². The van der Waals surface area contributed by atoms with Crippen LogP contribution in [0.2, 0.25) is 0 Å². The molecule has 2 rings (SSSR count). The van der Waals surface area contributed by atoms with Gasteiger partial charge in [-0.15, -0.1) is 0 Å². The van der Waals surface area contributed by atoms with Crippen molar-refractivity contribution in [3.05, 3.63) is 48.5 Å². The summed E-state index contributed by atoms with van der Waals surface area (Å²) in [7, 11) is -2.73. The van der Waals surface area contributed by atoms with Crippen LogP contribution in [0.15, 0.2) is 58.3 Å². The van der Waals surface area contributed by atoms with Crippen LogP contribution in [0.1, 0.15) is 6.92 Å². The Balaban J connectivity index is 2.39. The summed E-state index contributed by atoms with van der Waals surface area (Å²) in [6.45, 7) is 0.309. The van der Waals surface area contributed by atoms with Crippen molar-refractivity contribution in [3.8, 4) is 5.75 Å². The third-order valence-corrected chi connectivity index (χ3v) is 5.55. The maximum absolute atomic E-state index is 12.8. The summed E-state index contributed by atoms with van der Waals surface area (Å²) in [5.41, 5.74) is -3.86. The van der Waals surface area contributed by atoms with E-state index in [1.807, 2.05) is 5.32 Å². The number of aliphatic hydroxyl groups is 1. The molecule has 1 amide bonds. The molecule has 0 heterocycles. The summed E-state index contributed by atoms with van der Waals surface area (Å²) in [6, 6.07) is 10.8. The van der Waals surface area contributed by atoms with Crippen molar-refractivity contribution in [1.82, 2.24) is 0 Å². The van der Waals surface area contributed by atoms with Gasteiger partial charge in [-0.1, -0.05) is 18.2 Å². The number of benzene rings is 2. The van der Waals surface area contributed by atoms with E-state index in [0.29, 0.717) is 6.92 Å². The van der Waals surface area contributed by atoms with Crippen LogP contribution >= 0.6 is 0 Å². The second-order valence-electron chi connectivity index (χ2n) is 5.70. The Morgan fingerprint density at radius 2 is 1.67 bits per heavy atom. The Bertz CT molecular complexity index is 941. The van der Waals surface area contributed by atoms with Crippen LogP contribution in [-0.4, -0.2) is 38.3 Å². The van der Waals surface area contributed by atoms with Gasteiger partial charge in [0.1, 0.15) is 5.75 Å². The first-order valence-electron chi connectivity index (χ1n) is 7.50. The van der Waals surface area contributed by atoms with E-state index < -0.39 is 27.5 Å². The highest BCUT2D eigenvalue weighted by atomic mass is 32.2. The number of hydrogen-bond acceptors (Lipinski definition) is 5. The minimum Gasteiger partial charge on any atom is -0.495 e. The molecule has 0 aliphatic heterocycles. The van der Waals surface area contributed by atoms with Crippen LogP contribution < -0.4 is 10.1 Å². The molecule has 0 saturated heterocycles. The molecular formula is C17H16F3NO5S. The topological polar surface area (TPSA) is 92.7 Å². The molecule has 6 nitrogen and oxygen atoms in total. The molecule has 0 saturated carbocycles. The largest absolute Gasteiger partial charge is 0.495 e. The number of nitrogens with one attached hydrogen (secondary N) is 1. The number of sulfone groups is 1. The first kappa shape index (κ1) is 20.7. The van der Waals surface area contributed by atoms with E-state index >= 15 is 0 Å². The fourth-order valence-electron chi connectivity index (χ4n) is 2.05. The lowest BCUT2D eigenvalue weighted by Crippen LogP contribution is -2.52. The fraction of sp³-hybridized carbons (Fsp3) is 0.235. The van der Waals surface area contributed by atoms with Gasteiger partial charge in [0.25, 0.3) is 5.91 Å². The number of halogens is 3. The zero-order valence-electron chi connectivity index (χ0n) is 14.2. The van der Waals surface area contributed by atoms with E-state index in [4.69, 9.17) is 4.74 Å². The first-order valence-corrected chi connectivity index (χ1v) is 8.98. The molecule has 2 aromatic rings. The van der Waals surface area contributed by atoms with Gasteiger partial charge in [0.2, 0.25) is 15.4 Å². The van der Waals surface area contributed by atoms with Crippen molar-refractivity contribution in [2.75, 3.05) is 12.4 Å². The molecular weight excluding hydrogens is 387 g/mol. The van der Waals surface area contributed by atoms with Gasteiger partial charge in [0.15, 0.2) is 0 Å². The molecule has 0 unspecified atom stereocenters. The average molecular weight is 403 g/mol.